The normalized spacial score (nSPS) is 42.1. The maximum atomic E-state index is 11.3. The minimum Gasteiger partial charge on any atom is -0.508 e. The molecule has 53 heavy (non-hydrogen) atoms. The van der Waals surface area contributed by atoms with Crippen molar-refractivity contribution < 1.29 is 20.1 Å². The van der Waals surface area contributed by atoms with Crippen LogP contribution in [-0.4, -0.2) is 70.4 Å². The third kappa shape index (κ3) is 8.11. The van der Waals surface area contributed by atoms with Crippen LogP contribution in [0.1, 0.15) is 122 Å². The van der Waals surface area contributed by atoms with Crippen molar-refractivity contribution in [2.75, 3.05) is 13.6 Å². The SMILES string of the molecule is C=C1CC2(CCC(CCC3(O)CCCC(O)C3)C2)C2OC2(C)CCC2C1CC2(C)C1CCC(C(NC(N)=NC)NC(N)=NCCc2cccc(O)c2)C1. The predicted octanol–water partition coefficient (Wildman–Crippen LogP) is 5.89. The molecule has 1 aromatic rings. The number of nitrogens with two attached hydrogens (primary N) is 2. The van der Waals surface area contributed by atoms with Crippen LogP contribution >= 0.6 is 0 Å². The summed E-state index contributed by atoms with van der Waals surface area (Å²) in [5.41, 5.74) is 14.8. The second-order valence-electron chi connectivity index (χ2n) is 18.9. The van der Waals surface area contributed by atoms with E-state index in [1.165, 1.54) is 44.1 Å². The molecular weight excluding hydrogens is 665 g/mol. The Morgan fingerprint density at radius 3 is 2.62 bits per heavy atom. The number of hydrogen-bond donors (Lipinski definition) is 7. The lowest BCUT2D eigenvalue weighted by Crippen LogP contribution is -2.56. The highest BCUT2D eigenvalue weighted by atomic mass is 16.6. The summed E-state index contributed by atoms with van der Waals surface area (Å²) in [6, 6.07) is 7.26. The van der Waals surface area contributed by atoms with Gasteiger partial charge in [0.05, 0.1) is 23.4 Å². The largest absolute Gasteiger partial charge is 0.508 e. The molecule has 0 amide bonds. The van der Waals surface area contributed by atoms with Gasteiger partial charge < -0.3 is 42.2 Å². The minimum absolute atomic E-state index is 0.0435. The topological polar surface area (TPSA) is 174 Å². The van der Waals surface area contributed by atoms with Crippen molar-refractivity contribution in [2.45, 2.75) is 153 Å². The van der Waals surface area contributed by atoms with E-state index in [0.717, 1.165) is 63.4 Å². The van der Waals surface area contributed by atoms with E-state index in [4.69, 9.17) is 22.8 Å². The van der Waals surface area contributed by atoms with Crippen molar-refractivity contribution in [2.24, 2.45) is 61.9 Å². The predicted molar refractivity (Wildman–Crippen MR) is 211 cm³/mol. The Hall–Kier alpha value is -2.82. The molecule has 6 aliphatic rings. The highest BCUT2D eigenvalue weighted by molar-refractivity contribution is 5.81. The Labute approximate surface area is 317 Å². The zero-order valence-electron chi connectivity index (χ0n) is 32.7. The quantitative estimate of drug-likeness (QED) is 0.0513. The zero-order chi connectivity index (χ0) is 37.6. The Kier molecular flexibility index (Phi) is 10.9. The van der Waals surface area contributed by atoms with Gasteiger partial charge in [0.1, 0.15) is 11.9 Å². The molecule has 294 valence electrons. The number of benzene rings is 1. The second-order valence-corrected chi connectivity index (χ2v) is 18.9. The van der Waals surface area contributed by atoms with Gasteiger partial charge in [0, 0.05) is 25.4 Å². The Morgan fingerprint density at radius 1 is 1.04 bits per heavy atom. The molecule has 1 aliphatic heterocycles. The highest BCUT2D eigenvalue weighted by Crippen LogP contribution is 2.69. The Balaban J connectivity index is 0.976. The number of hydrogen-bond acceptors (Lipinski definition) is 6. The standard InChI is InChI=1S/C43H68N6O4/c1-27-23-42(18-12-29(24-42)13-19-43(52)16-6-9-33(51)25-43)37-41(3,53-37)17-14-35-34(27)26-40(35,2)31-11-10-30(22-31)36(48-38(44)46-4)49-39(45)47-20-15-28-7-5-8-32(50)21-28/h5,7-8,21,29-31,33-37,50-52H,1,6,9-20,22-26H2,2-4H3,(H3,44,46,48)(H3,45,47,49). The fourth-order valence-corrected chi connectivity index (χ4v) is 12.4. The molecule has 10 nitrogen and oxygen atoms in total. The molecule has 12 unspecified atom stereocenters. The average Bonchev–Trinajstić information content (AvgIpc) is 3.41. The van der Waals surface area contributed by atoms with Crippen LogP contribution in [0.25, 0.3) is 0 Å². The summed E-state index contributed by atoms with van der Waals surface area (Å²) < 4.78 is 6.74. The van der Waals surface area contributed by atoms with E-state index in [2.05, 4.69) is 34.5 Å². The fourth-order valence-electron chi connectivity index (χ4n) is 12.4. The first-order chi connectivity index (χ1) is 25.2. The van der Waals surface area contributed by atoms with Gasteiger partial charge in [-0.2, -0.15) is 0 Å². The number of rotatable bonds is 10. The van der Waals surface area contributed by atoms with Gasteiger partial charge in [-0.25, -0.2) is 0 Å². The molecule has 0 aromatic heterocycles. The van der Waals surface area contributed by atoms with E-state index in [1.807, 2.05) is 12.1 Å². The van der Waals surface area contributed by atoms with Gasteiger partial charge in [0.25, 0.3) is 0 Å². The smallest absolute Gasteiger partial charge is 0.190 e. The lowest BCUT2D eigenvalue weighted by atomic mass is 9.46. The summed E-state index contributed by atoms with van der Waals surface area (Å²) in [6.07, 6.45) is 17.0. The van der Waals surface area contributed by atoms with E-state index in [9.17, 15) is 15.3 Å². The van der Waals surface area contributed by atoms with Crippen molar-refractivity contribution in [3.8, 4) is 5.75 Å². The maximum absolute atomic E-state index is 11.3. The van der Waals surface area contributed by atoms with Gasteiger partial charge in [-0.1, -0.05) is 31.2 Å². The summed E-state index contributed by atoms with van der Waals surface area (Å²) in [6.45, 7) is 10.3. The molecule has 1 spiro atoms. The van der Waals surface area contributed by atoms with E-state index in [0.29, 0.717) is 67.0 Å². The Morgan fingerprint density at radius 2 is 1.85 bits per heavy atom. The van der Waals surface area contributed by atoms with Crippen LogP contribution in [0.5, 0.6) is 5.75 Å². The molecule has 7 rings (SSSR count). The Bertz CT molecular complexity index is 1550. The molecular formula is C43H68N6O4. The van der Waals surface area contributed by atoms with Crippen LogP contribution in [0.3, 0.4) is 0 Å². The number of aliphatic hydroxyl groups is 2. The monoisotopic (exact) mass is 733 g/mol. The number of aliphatic hydroxyl groups excluding tert-OH is 1. The van der Waals surface area contributed by atoms with Crippen LogP contribution < -0.4 is 22.1 Å². The van der Waals surface area contributed by atoms with Gasteiger partial charge >= 0.3 is 0 Å². The van der Waals surface area contributed by atoms with Gasteiger partial charge in [0.2, 0.25) is 0 Å². The molecule has 1 heterocycles. The van der Waals surface area contributed by atoms with E-state index in [-0.39, 0.29) is 34.5 Å². The van der Waals surface area contributed by atoms with E-state index >= 15 is 0 Å². The molecule has 0 radical (unpaired) electrons. The molecule has 9 N–H and O–H groups in total. The van der Waals surface area contributed by atoms with Crippen LogP contribution in [0.2, 0.25) is 0 Å². The van der Waals surface area contributed by atoms with Gasteiger partial charge in [0.15, 0.2) is 11.9 Å². The number of phenols is 1. The first-order valence-electron chi connectivity index (χ1n) is 20.8. The molecule has 5 aliphatic carbocycles. The van der Waals surface area contributed by atoms with Crippen molar-refractivity contribution >= 4 is 11.9 Å². The number of ether oxygens (including phenoxy) is 1. The lowest BCUT2D eigenvalue weighted by Gasteiger charge is -2.58. The zero-order valence-corrected chi connectivity index (χ0v) is 32.7. The van der Waals surface area contributed by atoms with Crippen molar-refractivity contribution in [1.29, 1.82) is 0 Å². The number of epoxide rings is 1. The number of fused-ring (bicyclic) bond motifs is 3. The highest BCUT2D eigenvalue weighted by Gasteiger charge is 2.67. The first kappa shape index (κ1) is 38.5. The van der Waals surface area contributed by atoms with Gasteiger partial charge in [-0.3, -0.25) is 9.98 Å². The first-order valence-corrected chi connectivity index (χ1v) is 20.8. The van der Waals surface area contributed by atoms with Crippen LogP contribution in [0.4, 0.5) is 0 Å². The summed E-state index contributed by atoms with van der Waals surface area (Å²) in [4.78, 5) is 8.80. The molecule has 10 heteroatoms. The fraction of sp³-hybridized carbons (Fsp3) is 0.767. The molecule has 1 aromatic carbocycles. The number of nitrogens with zero attached hydrogens (tertiary/aromatic N) is 2. The van der Waals surface area contributed by atoms with Crippen LogP contribution in [-0.2, 0) is 11.2 Å². The van der Waals surface area contributed by atoms with Crippen LogP contribution in [0.15, 0.2) is 46.4 Å². The average molecular weight is 733 g/mol. The molecule has 6 fully saturated rings. The maximum Gasteiger partial charge on any atom is 0.190 e. The van der Waals surface area contributed by atoms with E-state index in [1.54, 1.807) is 19.2 Å². The van der Waals surface area contributed by atoms with Gasteiger partial charge in [-0.15, -0.1) is 0 Å². The molecule has 1 saturated heterocycles. The van der Waals surface area contributed by atoms with Gasteiger partial charge in [-0.05, 0) is 162 Å². The second kappa shape index (κ2) is 15.0. The third-order valence-corrected chi connectivity index (χ3v) is 15.4. The number of nitrogens with one attached hydrogen (secondary N) is 2. The molecule has 5 saturated carbocycles. The van der Waals surface area contributed by atoms with Crippen LogP contribution in [0, 0.1) is 40.4 Å². The number of aliphatic imine (C=N–C) groups is 2. The summed E-state index contributed by atoms with van der Waals surface area (Å²) >= 11 is 0. The van der Waals surface area contributed by atoms with E-state index < -0.39 is 5.60 Å². The molecule has 12 atom stereocenters. The molecule has 0 bridgehead atoms. The van der Waals surface area contributed by atoms with Crippen molar-refractivity contribution in [1.82, 2.24) is 10.6 Å². The van der Waals surface area contributed by atoms with Crippen molar-refractivity contribution in [3.05, 3.63) is 42.0 Å². The lowest BCUT2D eigenvalue weighted by molar-refractivity contribution is -0.0697. The van der Waals surface area contributed by atoms with Crippen molar-refractivity contribution in [3.63, 3.8) is 0 Å². The summed E-state index contributed by atoms with van der Waals surface area (Å²) in [5, 5.41) is 38.1. The summed E-state index contributed by atoms with van der Waals surface area (Å²) in [5.74, 6) is 3.77. The third-order valence-electron chi connectivity index (χ3n) is 15.4. The number of phenolic OH excluding ortho intramolecular Hbond substituents is 1. The number of allylic oxidation sites excluding steroid dienone is 1. The summed E-state index contributed by atoms with van der Waals surface area (Å²) in [7, 11) is 1.70. The minimum atomic E-state index is -0.694. The number of aromatic hydroxyl groups is 1. The number of guanidine groups is 2.